The van der Waals surface area contributed by atoms with Crippen molar-refractivity contribution in [1.29, 1.82) is 0 Å². The fourth-order valence-corrected chi connectivity index (χ4v) is 4.41. The number of aromatic nitrogens is 3. The Hall–Kier alpha value is -4.27. The predicted molar refractivity (Wildman–Crippen MR) is 114 cm³/mol. The molecule has 6 rings (SSSR count). The molecule has 31 heavy (non-hydrogen) atoms. The number of benzene rings is 1. The first-order chi connectivity index (χ1) is 15.1. The highest BCUT2D eigenvalue weighted by molar-refractivity contribution is 6.28. The molecular formula is C22H16N6O3. The van der Waals surface area contributed by atoms with Crippen LogP contribution in [0.15, 0.2) is 48.9 Å². The van der Waals surface area contributed by atoms with Crippen molar-refractivity contribution in [3.05, 3.63) is 54.5 Å². The van der Waals surface area contributed by atoms with Gasteiger partial charge in [-0.25, -0.2) is 9.97 Å². The number of fused-ring (bicyclic) bond motifs is 1. The van der Waals surface area contributed by atoms with E-state index < -0.39 is 11.9 Å². The van der Waals surface area contributed by atoms with Crippen molar-refractivity contribution in [1.82, 2.24) is 20.3 Å². The predicted octanol–water partition coefficient (Wildman–Crippen LogP) is 2.62. The third kappa shape index (κ3) is 2.53. The van der Waals surface area contributed by atoms with Crippen LogP contribution in [0.3, 0.4) is 0 Å². The van der Waals surface area contributed by atoms with E-state index in [0.29, 0.717) is 17.1 Å². The largest absolute Gasteiger partial charge is 0.344 e. The standard InChI is InChI=1S/C22H16N6O3/c29-17-7-6-15(21(30)27-17)28-16-10-25-20(12-3-1-4-13(18(12)16)22(28)31)26-14-9-24-19-11(14)5-2-8-23-19/h1-5,8-10,15H,6-7H2,(H,23,24)(H,25,26)(H,27,29,30). The van der Waals surface area contributed by atoms with Crippen LogP contribution in [0.5, 0.6) is 0 Å². The Bertz CT molecular complexity index is 1430. The zero-order valence-electron chi connectivity index (χ0n) is 16.2. The highest BCUT2D eigenvalue weighted by Crippen LogP contribution is 2.42. The summed E-state index contributed by atoms with van der Waals surface area (Å²) in [7, 11) is 0. The summed E-state index contributed by atoms with van der Waals surface area (Å²) in [5, 5.41) is 8.11. The molecule has 3 aromatic heterocycles. The van der Waals surface area contributed by atoms with Crippen molar-refractivity contribution in [2.75, 3.05) is 10.2 Å². The molecule has 1 unspecified atom stereocenters. The van der Waals surface area contributed by atoms with E-state index in [2.05, 4.69) is 25.6 Å². The molecule has 2 aliphatic rings. The second-order valence-corrected chi connectivity index (χ2v) is 7.59. The molecule has 0 radical (unpaired) electrons. The Labute approximate surface area is 175 Å². The van der Waals surface area contributed by atoms with Gasteiger partial charge in [-0.2, -0.15) is 0 Å². The van der Waals surface area contributed by atoms with Crippen LogP contribution >= 0.6 is 0 Å². The van der Waals surface area contributed by atoms with Crippen molar-refractivity contribution in [2.45, 2.75) is 18.9 Å². The maximum atomic E-state index is 13.2. The zero-order valence-corrected chi connectivity index (χ0v) is 16.2. The quantitative estimate of drug-likeness (QED) is 0.445. The number of nitrogens with zero attached hydrogens (tertiary/aromatic N) is 3. The van der Waals surface area contributed by atoms with E-state index in [0.717, 1.165) is 27.5 Å². The number of pyridine rings is 2. The van der Waals surface area contributed by atoms with E-state index in [1.807, 2.05) is 24.4 Å². The number of hydrogen-bond acceptors (Lipinski definition) is 6. The van der Waals surface area contributed by atoms with Crippen LogP contribution < -0.4 is 15.5 Å². The molecule has 1 aromatic carbocycles. The van der Waals surface area contributed by atoms with Gasteiger partial charge in [-0.15, -0.1) is 0 Å². The normalized spacial score (nSPS) is 18.1. The van der Waals surface area contributed by atoms with Gasteiger partial charge < -0.3 is 10.3 Å². The first-order valence-electron chi connectivity index (χ1n) is 9.90. The van der Waals surface area contributed by atoms with Gasteiger partial charge in [0.15, 0.2) is 0 Å². The van der Waals surface area contributed by atoms with Gasteiger partial charge in [-0.1, -0.05) is 12.1 Å². The van der Waals surface area contributed by atoms with Gasteiger partial charge in [0, 0.05) is 35.0 Å². The Morgan fingerprint density at radius 3 is 2.81 bits per heavy atom. The number of aromatic amines is 1. The molecular weight excluding hydrogens is 396 g/mol. The van der Waals surface area contributed by atoms with Crippen molar-refractivity contribution in [3.8, 4) is 0 Å². The number of anilines is 3. The highest BCUT2D eigenvalue weighted by atomic mass is 16.2. The molecule has 9 nitrogen and oxygen atoms in total. The second-order valence-electron chi connectivity index (χ2n) is 7.59. The van der Waals surface area contributed by atoms with Gasteiger partial charge in [0.05, 0.1) is 23.1 Å². The summed E-state index contributed by atoms with van der Waals surface area (Å²) in [5.74, 6) is -0.436. The number of rotatable bonds is 3. The molecule has 1 fully saturated rings. The topological polar surface area (TPSA) is 120 Å². The summed E-state index contributed by atoms with van der Waals surface area (Å²) in [4.78, 5) is 50.7. The van der Waals surface area contributed by atoms with Crippen LogP contribution in [0.25, 0.3) is 21.8 Å². The minimum Gasteiger partial charge on any atom is -0.344 e. The van der Waals surface area contributed by atoms with E-state index in [9.17, 15) is 14.4 Å². The Balaban J connectivity index is 1.46. The summed E-state index contributed by atoms with van der Waals surface area (Å²) in [6.07, 6.45) is 5.63. The van der Waals surface area contributed by atoms with E-state index in [4.69, 9.17) is 0 Å². The minimum absolute atomic E-state index is 0.196. The average molecular weight is 412 g/mol. The number of hydrogen-bond donors (Lipinski definition) is 3. The molecule has 5 heterocycles. The molecule has 2 aliphatic heterocycles. The lowest BCUT2D eigenvalue weighted by Gasteiger charge is -2.30. The molecule has 0 spiro atoms. The molecule has 0 aliphatic carbocycles. The molecule has 1 atom stereocenters. The maximum Gasteiger partial charge on any atom is 0.259 e. The highest BCUT2D eigenvalue weighted by Gasteiger charge is 2.41. The lowest BCUT2D eigenvalue weighted by molar-refractivity contribution is -0.134. The van der Waals surface area contributed by atoms with Crippen molar-refractivity contribution >= 4 is 56.7 Å². The Morgan fingerprint density at radius 2 is 1.94 bits per heavy atom. The molecule has 3 amide bonds. The van der Waals surface area contributed by atoms with E-state index in [1.165, 1.54) is 4.90 Å². The first-order valence-corrected chi connectivity index (χ1v) is 9.90. The van der Waals surface area contributed by atoms with Gasteiger partial charge >= 0.3 is 0 Å². The number of imide groups is 1. The van der Waals surface area contributed by atoms with Crippen molar-refractivity contribution < 1.29 is 14.4 Å². The Morgan fingerprint density at radius 1 is 1.06 bits per heavy atom. The fourth-order valence-electron chi connectivity index (χ4n) is 4.41. The number of carbonyl (C=O) groups is 3. The van der Waals surface area contributed by atoms with E-state index >= 15 is 0 Å². The third-order valence-electron chi connectivity index (χ3n) is 5.83. The summed E-state index contributed by atoms with van der Waals surface area (Å²) < 4.78 is 0. The maximum absolute atomic E-state index is 13.2. The van der Waals surface area contributed by atoms with Crippen molar-refractivity contribution in [3.63, 3.8) is 0 Å². The molecule has 1 saturated heterocycles. The monoisotopic (exact) mass is 412 g/mol. The van der Waals surface area contributed by atoms with Crippen LogP contribution in [0.4, 0.5) is 17.2 Å². The van der Waals surface area contributed by atoms with Gasteiger partial charge in [0.1, 0.15) is 17.5 Å². The zero-order chi connectivity index (χ0) is 21.1. The molecule has 0 saturated carbocycles. The summed E-state index contributed by atoms with van der Waals surface area (Å²) in [6, 6.07) is 8.53. The third-order valence-corrected chi connectivity index (χ3v) is 5.83. The number of amides is 3. The van der Waals surface area contributed by atoms with Gasteiger partial charge in [0.25, 0.3) is 5.91 Å². The SMILES string of the molecule is O=C1CCC(N2C(=O)c3cccc4c(Nc5c[nH]c6ncccc56)ncc2c34)C(=O)N1. The van der Waals surface area contributed by atoms with Crippen LogP contribution in [0.2, 0.25) is 0 Å². The number of carbonyl (C=O) groups excluding carboxylic acids is 3. The average Bonchev–Trinajstić information content (AvgIpc) is 3.31. The van der Waals surface area contributed by atoms with Crippen LogP contribution in [0, 0.1) is 0 Å². The second kappa shape index (κ2) is 6.36. The number of nitrogens with one attached hydrogen (secondary N) is 3. The summed E-state index contributed by atoms with van der Waals surface area (Å²) >= 11 is 0. The van der Waals surface area contributed by atoms with Crippen LogP contribution in [-0.4, -0.2) is 38.7 Å². The summed E-state index contributed by atoms with van der Waals surface area (Å²) in [6.45, 7) is 0. The molecule has 4 aromatic rings. The fraction of sp³-hybridized carbons (Fsp3) is 0.136. The van der Waals surface area contributed by atoms with Gasteiger partial charge in [-0.3, -0.25) is 24.6 Å². The smallest absolute Gasteiger partial charge is 0.259 e. The number of H-pyrrole nitrogens is 1. The van der Waals surface area contributed by atoms with Gasteiger partial charge in [-0.05, 0) is 24.6 Å². The Kier molecular flexibility index (Phi) is 3.61. The number of piperidine rings is 1. The van der Waals surface area contributed by atoms with Gasteiger partial charge in [0.2, 0.25) is 11.8 Å². The lowest BCUT2D eigenvalue weighted by atomic mass is 10.0. The molecule has 9 heteroatoms. The van der Waals surface area contributed by atoms with E-state index in [1.54, 1.807) is 24.5 Å². The molecule has 3 N–H and O–H groups in total. The van der Waals surface area contributed by atoms with E-state index in [-0.39, 0.29) is 24.7 Å². The lowest BCUT2D eigenvalue weighted by Crippen LogP contribution is -2.53. The molecule has 0 bridgehead atoms. The molecule has 152 valence electrons. The van der Waals surface area contributed by atoms with Crippen LogP contribution in [0.1, 0.15) is 23.2 Å². The van der Waals surface area contributed by atoms with Crippen molar-refractivity contribution in [2.24, 2.45) is 0 Å². The first kappa shape index (κ1) is 17.6. The summed E-state index contributed by atoms with van der Waals surface area (Å²) in [5.41, 5.74) is 2.68. The minimum atomic E-state index is -0.735. The van der Waals surface area contributed by atoms with Crippen LogP contribution in [-0.2, 0) is 9.59 Å².